The summed E-state index contributed by atoms with van der Waals surface area (Å²) in [4.78, 5) is 24.1. The van der Waals surface area contributed by atoms with E-state index in [0.29, 0.717) is 5.56 Å². The van der Waals surface area contributed by atoms with Gasteiger partial charge in [-0.15, -0.1) is 0 Å². The summed E-state index contributed by atoms with van der Waals surface area (Å²) in [5, 5.41) is 19.8. The van der Waals surface area contributed by atoms with Gasteiger partial charge in [0.05, 0.1) is 6.21 Å². The van der Waals surface area contributed by atoms with E-state index in [2.05, 4.69) is 64.8 Å². The maximum atomic E-state index is 12.1. The van der Waals surface area contributed by atoms with Crippen molar-refractivity contribution in [2.45, 2.75) is 57.7 Å². The molecular formula is C18H25BrN4O3. The first-order valence-corrected chi connectivity index (χ1v) is 9.18. The van der Waals surface area contributed by atoms with Crippen LogP contribution < -0.4 is 16.1 Å². The third-order valence-corrected chi connectivity index (χ3v) is 4.58. The number of rotatable bonds is 3. The number of phenolic OH excluding ortho intramolecular Hbond substituents is 1. The third kappa shape index (κ3) is 5.81. The summed E-state index contributed by atoms with van der Waals surface area (Å²) in [6, 6.07) is 4.73. The van der Waals surface area contributed by atoms with Crippen molar-refractivity contribution < 1.29 is 14.7 Å². The number of piperidine rings is 1. The zero-order valence-electron chi connectivity index (χ0n) is 15.4. The fourth-order valence-corrected chi connectivity index (χ4v) is 3.89. The standard InChI is InChI=1S/C18H25BrN4O3/c1-17(2)8-13(9-18(3,4)23-17)21-15(25)16(26)22-20-10-11-7-12(19)5-6-14(11)24/h5-7,10,13,23-24H,8-9H2,1-4H3,(H,21,25)(H,22,26)/b20-10-. The lowest BCUT2D eigenvalue weighted by molar-refractivity contribution is -0.140. The van der Waals surface area contributed by atoms with E-state index in [-0.39, 0.29) is 22.9 Å². The zero-order chi connectivity index (χ0) is 19.5. The normalized spacial score (nSPS) is 19.3. The van der Waals surface area contributed by atoms with Gasteiger partial charge in [0, 0.05) is 27.2 Å². The highest BCUT2D eigenvalue weighted by atomic mass is 79.9. The lowest BCUT2D eigenvalue weighted by Crippen LogP contribution is -2.62. The minimum atomic E-state index is -0.843. The van der Waals surface area contributed by atoms with E-state index in [4.69, 9.17) is 0 Å². The van der Waals surface area contributed by atoms with E-state index < -0.39 is 11.8 Å². The van der Waals surface area contributed by atoms with Gasteiger partial charge < -0.3 is 15.7 Å². The number of nitrogens with zero attached hydrogens (tertiary/aromatic N) is 1. The van der Waals surface area contributed by atoms with Crippen LogP contribution in [0.2, 0.25) is 0 Å². The predicted molar refractivity (Wildman–Crippen MR) is 104 cm³/mol. The number of carbonyl (C=O) groups is 2. The van der Waals surface area contributed by atoms with Crippen LogP contribution in [0.15, 0.2) is 27.8 Å². The van der Waals surface area contributed by atoms with E-state index in [0.717, 1.165) is 17.3 Å². The van der Waals surface area contributed by atoms with Crippen LogP contribution in [-0.2, 0) is 9.59 Å². The van der Waals surface area contributed by atoms with Gasteiger partial charge in [-0.2, -0.15) is 5.10 Å². The second-order valence-electron chi connectivity index (χ2n) is 7.87. The van der Waals surface area contributed by atoms with Crippen LogP contribution >= 0.6 is 15.9 Å². The van der Waals surface area contributed by atoms with E-state index in [1.807, 2.05) is 0 Å². The third-order valence-electron chi connectivity index (χ3n) is 4.09. The topological polar surface area (TPSA) is 103 Å². The highest BCUT2D eigenvalue weighted by Crippen LogP contribution is 2.28. The smallest absolute Gasteiger partial charge is 0.329 e. The molecule has 0 atom stereocenters. The molecule has 1 heterocycles. The molecule has 142 valence electrons. The van der Waals surface area contributed by atoms with Crippen molar-refractivity contribution in [1.82, 2.24) is 16.1 Å². The van der Waals surface area contributed by atoms with Gasteiger partial charge in [0.25, 0.3) is 0 Å². The lowest BCUT2D eigenvalue weighted by Gasteiger charge is -2.46. The molecule has 2 rings (SSSR count). The fraction of sp³-hybridized carbons (Fsp3) is 0.500. The van der Waals surface area contributed by atoms with Gasteiger partial charge in [0.2, 0.25) is 0 Å². The summed E-state index contributed by atoms with van der Waals surface area (Å²) in [6.45, 7) is 8.29. The number of amides is 2. The highest BCUT2D eigenvalue weighted by Gasteiger charge is 2.38. The van der Waals surface area contributed by atoms with E-state index in [9.17, 15) is 14.7 Å². The molecule has 1 aliphatic heterocycles. The molecule has 0 bridgehead atoms. The van der Waals surface area contributed by atoms with E-state index in [1.165, 1.54) is 12.3 Å². The van der Waals surface area contributed by atoms with Crippen LogP contribution in [0.4, 0.5) is 0 Å². The lowest BCUT2D eigenvalue weighted by atomic mass is 9.79. The Bertz CT molecular complexity index is 715. The van der Waals surface area contributed by atoms with Gasteiger partial charge in [0.1, 0.15) is 5.75 Å². The van der Waals surface area contributed by atoms with Gasteiger partial charge in [-0.1, -0.05) is 15.9 Å². The van der Waals surface area contributed by atoms with Gasteiger partial charge >= 0.3 is 11.8 Å². The van der Waals surface area contributed by atoms with Crippen LogP contribution in [0.1, 0.15) is 46.1 Å². The Hall–Kier alpha value is -1.93. The quantitative estimate of drug-likeness (QED) is 0.338. The number of benzene rings is 1. The van der Waals surface area contributed by atoms with Crippen molar-refractivity contribution in [2.75, 3.05) is 0 Å². The predicted octanol–water partition coefficient (Wildman–Crippen LogP) is 2.03. The molecule has 8 heteroatoms. The monoisotopic (exact) mass is 424 g/mol. The molecule has 7 nitrogen and oxygen atoms in total. The van der Waals surface area contributed by atoms with Crippen molar-refractivity contribution in [3.05, 3.63) is 28.2 Å². The number of halogens is 1. The number of hydrogen-bond donors (Lipinski definition) is 4. The second-order valence-corrected chi connectivity index (χ2v) is 8.79. The average molecular weight is 425 g/mol. The number of aromatic hydroxyl groups is 1. The van der Waals surface area contributed by atoms with Crippen LogP contribution in [0.3, 0.4) is 0 Å². The molecule has 1 fully saturated rings. The molecule has 0 radical (unpaired) electrons. The van der Waals surface area contributed by atoms with Gasteiger partial charge in [-0.3, -0.25) is 9.59 Å². The van der Waals surface area contributed by atoms with Gasteiger partial charge in [-0.25, -0.2) is 5.43 Å². The molecule has 1 aliphatic rings. The van der Waals surface area contributed by atoms with Crippen LogP contribution in [0.5, 0.6) is 5.75 Å². The Kier molecular flexibility index (Phi) is 6.08. The molecule has 26 heavy (non-hydrogen) atoms. The highest BCUT2D eigenvalue weighted by molar-refractivity contribution is 9.10. The maximum Gasteiger partial charge on any atom is 0.329 e. The molecular weight excluding hydrogens is 400 g/mol. The number of hydrogen-bond acceptors (Lipinski definition) is 5. The molecule has 1 aromatic carbocycles. The summed E-state index contributed by atoms with van der Waals surface area (Å²) in [5.41, 5.74) is 2.34. The Morgan fingerprint density at radius 3 is 2.46 bits per heavy atom. The number of nitrogens with one attached hydrogen (secondary N) is 3. The SMILES string of the molecule is CC1(C)CC(NC(=O)C(=O)N/N=C\c2cc(Br)ccc2O)CC(C)(C)N1. The second kappa shape index (κ2) is 7.75. The molecule has 1 aromatic rings. The Labute approximate surface area is 161 Å². The number of phenols is 1. The minimum absolute atomic E-state index is 0.0230. The van der Waals surface area contributed by atoms with Crippen LogP contribution in [-0.4, -0.2) is 40.3 Å². The summed E-state index contributed by atoms with van der Waals surface area (Å²) in [7, 11) is 0. The first-order chi connectivity index (χ1) is 12.0. The van der Waals surface area contributed by atoms with E-state index in [1.54, 1.807) is 12.1 Å². The van der Waals surface area contributed by atoms with Crippen molar-refractivity contribution in [2.24, 2.45) is 5.10 Å². The van der Waals surface area contributed by atoms with Crippen molar-refractivity contribution in [3.63, 3.8) is 0 Å². The number of carbonyl (C=O) groups excluding carboxylic acids is 2. The van der Waals surface area contributed by atoms with Crippen molar-refractivity contribution in [1.29, 1.82) is 0 Å². The molecule has 0 saturated carbocycles. The zero-order valence-corrected chi connectivity index (χ0v) is 17.0. The van der Waals surface area contributed by atoms with Gasteiger partial charge in [-0.05, 0) is 58.7 Å². The van der Waals surface area contributed by atoms with Crippen molar-refractivity contribution in [3.8, 4) is 5.75 Å². The molecule has 0 spiro atoms. The molecule has 2 amide bonds. The fourth-order valence-electron chi connectivity index (χ4n) is 3.52. The summed E-state index contributed by atoms with van der Waals surface area (Å²) in [6.07, 6.45) is 2.73. The Morgan fingerprint density at radius 2 is 1.85 bits per heavy atom. The van der Waals surface area contributed by atoms with Crippen LogP contribution in [0, 0.1) is 0 Å². The first kappa shape index (κ1) is 20.4. The molecule has 0 aliphatic carbocycles. The summed E-state index contributed by atoms with van der Waals surface area (Å²) >= 11 is 3.28. The van der Waals surface area contributed by atoms with Gasteiger partial charge in [0.15, 0.2) is 0 Å². The molecule has 0 unspecified atom stereocenters. The maximum absolute atomic E-state index is 12.1. The first-order valence-electron chi connectivity index (χ1n) is 8.39. The number of hydrazone groups is 1. The van der Waals surface area contributed by atoms with Crippen molar-refractivity contribution >= 4 is 34.0 Å². The molecule has 1 saturated heterocycles. The molecule has 4 N–H and O–H groups in total. The average Bonchev–Trinajstić information content (AvgIpc) is 2.47. The minimum Gasteiger partial charge on any atom is -0.507 e. The Morgan fingerprint density at radius 1 is 1.23 bits per heavy atom. The summed E-state index contributed by atoms with van der Waals surface area (Å²) < 4.78 is 0.761. The Balaban J connectivity index is 1.92. The largest absolute Gasteiger partial charge is 0.507 e. The van der Waals surface area contributed by atoms with Crippen LogP contribution in [0.25, 0.3) is 0 Å². The van der Waals surface area contributed by atoms with E-state index >= 15 is 0 Å². The summed E-state index contributed by atoms with van der Waals surface area (Å²) in [5.74, 6) is -1.54. The molecule has 0 aromatic heterocycles.